The van der Waals surface area contributed by atoms with E-state index in [1.54, 1.807) is 12.1 Å². The summed E-state index contributed by atoms with van der Waals surface area (Å²) in [6.45, 7) is 2.55. The van der Waals surface area contributed by atoms with Gasteiger partial charge in [0.15, 0.2) is 11.5 Å². The zero-order chi connectivity index (χ0) is 21.6. The van der Waals surface area contributed by atoms with Gasteiger partial charge < -0.3 is 14.6 Å². The number of phenols is 1. The molecule has 0 aliphatic rings. The summed E-state index contributed by atoms with van der Waals surface area (Å²) in [5, 5.41) is 10.2. The van der Waals surface area contributed by atoms with E-state index in [0.717, 1.165) is 19.3 Å². The summed E-state index contributed by atoms with van der Waals surface area (Å²) in [5.74, 6) is 0.0776. The SMILES string of the molecule is Cc1ccc(CCCCOc2ccc(-c3ccc(OC(F)(F)F)cc3)cc2O)cc1. The lowest BCUT2D eigenvalue weighted by Crippen LogP contribution is -2.16. The van der Waals surface area contributed by atoms with E-state index < -0.39 is 6.36 Å². The van der Waals surface area contributed by atoms with Crippen molar-refractivity contribution in [2.45, 2.75) is 32.5 Å². The number of ether oxygens (including phenoxy) is 2. The largest absolute Gasteiger partial charge is 0.573 e. The van der Waals surface area contributed by atoms with Crippen molar-refractivity contribution in [3.63, 3.8) is 0 Å². The minimum Gasteiger partial charge on any atom is -0.504 e. The fraction of sp³-hybridized carbons (Fsp3) is 0.250. The van der Waals surface area contributed by atoms with Crippen LogP contribution >= 0.6 is 0 Å². The lowest BCUT2D eigenvalue weighted by molar-refractivity contribution is -0.274. The molecule has 0 heterocycles. The Bertz CT molecular complexity index is 949. The van der Waals surface area contributed by atoms with Crippen LogP contribution in [0.25, 0.3) is 11.1 Å². The van der Waals surface area contributed by atoms with Crippen LogP contribution in [0.2, 0.25) is 0 Å². The van der Waals surface area contributed by atoms with Gasteiger partial charge in [-0.15, -0.1) is 13.2 Å². The molecule has 0 spiro atoms. The molecule has 3 aromatic rings. The van der Waals surface area contributed by atoms with E-state index in [1.165, 1.54) is 41.5 Å². The number of hydrogen-bond acceptors (Lipinski definition) is 3. The Morgan fingerprint density at radius 1 is 0.833 bits per heavy atom. The number of aryl methyl sites for hydroxylation is 2. The van der Waals surface area contributed by atoms with Gasteiger partial charge in [-0.25, -0.2) is 0 Å². The van der Waals surface area contributed by atoms with Crippen molar-refractivity contribution in [2.75, 3.05) is 6.61 Å². The van der Waals surface area contributed by atoms with Gasteiger partial charge in [-0.1, -0.05) is 48.0 Å². The highest BCUT2D eigenvalue weighted by atomic mass is 19.4. The molecule has 0 aliphatic carbocycles. The van der Waals surface area contributed by atoms with Gasteiger partial charge in [0.2, 0.25) is 0 Å². The first kappa shape index (κ1) is 21.6. The van der Waals surface area contributed by atoms with Gasteiger partial charge in [-0.05, 0) is 67.1 Å². The summed E-state index contributed by atoms with van der Waals surface area (Å²) >= 11 is 0. The Morgan fingerprint density at radius 3 is 2.13 bits per heavy atom. The Balaban J connectivity index is 1.50. The van der Waals surface area contributed by atoms with E-state index >= 15 is 0 Å². The quantitative estimate of drug-likeness (QED) is 0.417. The molecule has 0 saturated carbocycles. The fourth-order valence-corrected chi connectivity index (χ4v) is 3.04. The molecule has 0 radical (unpaired) electrons. The average Bonchev–Trinajstić information content (AvgIpc) is 2.69. The summed E-state index contributed by atoms with van der Waals surface area (Å²) in [6, 6.07) is 18.9. The molecule has 0 aromatic heterocycles. The second-order valence-corrected chi connectivity index (χ2v) is 7.05. The second-order valence-electron chi connectivity index (χ2n) is 7.05. The highest BCUT2D eigenvalue weighted by molar-refractivity contribution is 5.67. The minimum atomic E-state index is -4.72. The number of halogens is 3. The van der Waals surface area contributed by atoms with Gasteiger partial charge in [0.05, 0.1) is 6.61 Å². The predicted octanol–water partition coefficient (Wildman–Crippen LogP) is 6.67. The molecule has 1 N–H and O–H groups in total. The van der Waals surface area contributed by atoms with Crippen LogP contribution in [-0.2, 0) is 6.42 Å². The Kier molecular flexibility index (Phi) is 6.87. The van der Waals surface area contributed by atoms with Gasteiger partial charge in [0.1, 0.15) is 5.75 Å². The molecule has 3 rings (SSSR count). The predicted molar refractivity (Wildman–Crippen MR) is 110 cm³/mol. The standard InChI is InChI=1S/C24H23F3O3/c1-17-5-7-18(8-6-17)4-2-3-15-29-23-14-11-20(16-22(23)28)19-9-12-21(13-10-19)30-24(25,26)27/h5-14,16,28H,2-4,15H2,1H3. The van der Waals surface area contributed by atoms with E-state index in [2.05, 4.69) is 35.9 Å². The zero-order valence-corrected chi connectivity index (χ0v) is 16.6. The van der Waals surface area contributed by atoms with Gasteiger partial charge in [0, 0.05) is 0 Å². The number of unbranched alkanes of at least 4 members (excludes halogenated alkanes) is 1. The highest BCUT2D eigenvalue weighted by Crippen LogP contribution is 2.33. The molecule has 30 heavy (non-hydrogen) atoms. The van der Waals surface area contributed by atoms with Crippen LogP contribution in [0.4, 0.5) is 13.2 Å². The van der Waals surface area contributed by atoms with Crippen molar-refractivity contribution >= 4 is 0 Å². The summed E-state index contributed by atoms with van der Waals surface area (Å²) < 4.78 is 46.3. The van der Waals surface area contributed by atoms with Crippen molar-refractivity contribution < 1.29 is 27.8 Å². The van der Waals surface area contributed by atoms with E-state index in [0.29, 0.717) is 23.5 Å². The van der Waals surface area contributed by atoms with Crippen LogP contribution in [0, 0.1) is 6.92 Å². The number of benzene rings is 3. The van der Waals surface area contributed by atoms with Crippen molar-refractivity contribution in [1.82, 2.24) is 0 Å². The van der Waals surface area contributed by atoms with Crippen molar-refractivity contribution in [2.24, 2.45) is 0 Å². The monoisotopic (exact) mass is 416 g/mol. The van der Waals surface area contributed by atoms with Crippen LogP contribution in [-0.4, -0.2) is 18.1 Å². The molecule has 158 valence electrons. The third-order valence-corrected chi connectivity index (χ3v) is 4.62. The number of rotatable bonds is 8. The van der Waals surface area contributed by atoms with E-state index in [4.69, 9.17) is 4.74 Å². The summed E-state index contributed by atoms with van der Waals surface area (Å²) in [5.41, 5.74) is 3.85. The van der Waals surface area contributed by atoms with Crippen LogP contribution in [0.3, 0.4) is 0 Å². The molecule has 0 fully saturated rings. The molecular weight excluding hydrogens is 393 g/mol. The lowest BCUT2D eigenvalue weighted by Gasteiger charge is -2.11. The molecule has 0 aliphatic heterocycles. The lowest BCUT2D eigenvalue weighted by atomic mass is 10.1. The smallest absolute Gasteiger partial charge is 0.504 e. The first-order valence-corrected chi connectivity index (χ1v) is 9.68. The molecule has 0 unspecified atom stereocenters. The molecule has 3 aromatic carbocycles. The van der Waals surface area contributed by atoms with Crippen molar-refractivity contribution in [3.05, 3.63) is 77.9 Å². The summed E-state index contributed by atoms with van der Waals surface area (Å²) in [6.07, 6.45) is -1.91. The number of alkyl halides is 3. The molecule has 0 bridgehead atoms. The third-order valence-electron chi connectivity index (χ3n) is 4.62. The molecule has 6 heteroatoms. The first-order chi connectivity index (χ1) is 14.3. The fourth-order valence-electron chi connectivity index (χ4n) is 3.04. The van der Waals surface area contributed by atoms with Crippen molar-refractivity contribution in [1.29, 1.82) is 0 Å². The molecule has 0 amide bonds. The van der Waals surface area contributed by atoms with Gasteiger partial charge in [-0.2, -0.15) is 0 Å². The molecular formula is C24H23F3O3. The summed E-state index contributed by atoms with van der Waals surface area (Å²) in [4.78, 5) is 0. The maximum Gasteiger partial charge on any atom is 0.573 e. The maximum atomic E-state index is 12.2. The third kappa shape index (κ3) is 6.44. The van der Waals surface area contributed by atoms with Crippen molar-refractivity contribution in [3.8, 4) is 28.4 Å². The van der Waals surface area contributed by atoms with Gasteiger partial charge in [-0.3, -0.25) is 0 Å². The average molecular weight is 416 g/mol. The van der Waals surface area contributed by atoms with Crippen LogP contribution in [0.15, 0.2) is 66.7 Å². The molecule has 3 nitrogen and oxygen atoms in total. The first-order valence-electron chi connectivity index (χ1n) is 9.68. The van der Waals surface area contributed by atoms with E-state index in [-0.39, 0.29) is 11.5 Å². The molecule has 0 atom stereocenters. The summed E-state index contributed by atoms with van der Waals surface area (Å²) in [7, 11) is 0. The highest BCUT2D eigenvalue weighted by Gasteiger charge is 2.30. The van der Waals surface area contributed by atoms with E-state index in [9.17, 15) is 18.3 Å². The zero-order valence-electron chi connectivity index (χ0n) is 16.6. The maximum absolute atomic E-state index is 12.2. The number of phenolic OH excluding ortho intramolecular Hbond substituents is 1. The van der Waals surface area contributed by atoms with E-state index in [1.807, 2.05) is 0 Å². The van der Waals surface area contributed by atoms with Crippen LogP contribution < -0.4 is 9.47 Å². The Hall–Kier alpha value is -3.15. The second kappa shape index (κ2) is 9.57. The number of aromatic hydroxyl groups is 1. The normalized spacial score (nSPS) is 11.3. The topological polar surface area (TPSA) is 38.7 Å². The molecule has 0 saturated heterocycles. The number of hydrogen-bond donors (Lipinski definition) is 1. The van der Waals surface area contributed by atoms with Gasteiger partial charge >= 0.3 is 6.36 Å². The van der Waals surface area contributed by atoms with Gasteiger partial charge in [0.25, 0.3) is 0 Å². The Morgan fingerprint density at radius 2 is 1.50 bits per heavy atom. The Labute approximate surface area is 173 Å². The minimum absolute atomic E-state index is 0.0124. The van der Waals surface area contributed by atoms with Crippen LogP contribution in [0.1, 0.15) is 24.0 Å². The van der Waals surface area contributed by atoms with Crippen LogP contribution in [0.5, 0.6) is 17.2 Å².